The van der Waals surface area contributed by atoms with Crippen molar-refractivity contribution in [3.8, 4) is 11.3 Å². The number of nitrogen functional groups attached to an aromatic ring is 1. The number of β-amino-alcohol motifs (C(OH)–C–C–N with tert-alkyl or cyclic N) is 1. The van der Waals surface area contributed by atoms with E-state index in [1.807, 2.05) is 91.2 Å². The SMILES string of the molecule is C=CCCC(C(=O)N1CC(O)CC1C=O)C(C)(C)C.C=O.CC=N/C(C)=C(\CCC)c1ccc(CNC)cc1.CCCCN[C@H](C)CCC=O.CCCN(CCC(C)C)c1ccncc1NC(=O)c1nc(-c2ccc(CCNC=O)cc2)cnc1N.CCCOCCNC.CN. The van der Waals surface area contributed by atoms with Crippen molar-refractivity contribution >= 4 is 66.6 Å². The highest BCUT2D eigenvalue weighted by Crippen LogP contribution is 2.34. The van der Waals surface area contributed by atoms with Gasteiger partial charge in [-0.3, -0.25) is 24.4 Å². The van der Waals surface area contributed by atoms with Crippen LogP contribution < -0.4 is 43.0 Å². The summed E-state index contributed by atoms with van der Waals surface area (Å²) in [6.07, 6.45) is 22.5. The third-order valence-corrected chi connectivity index (χ3v) is 15.1. The number of hydrogen-bond donors (Lipinski definition) is 8. The number of aldehydes is 2. The lowest BCUT2D eigenvalue weighted by Gasteiger charge is -2.34. The zero-order valence-electron chi connectivity index (χ0n) is 61.3. The summed E-state index contributed by atoms with van der Waals surface area (Å²) in [4.78, 5) is 86.5. The molecule has 3 heterocycles. The molecule has 0 bridgehead atoms. The normalized spacial score (nSPS) is 13.8. The molecular weight excluding hydrogens is 1210 g/mol. The van der Waals surface area contributed by atoms with Crippen LogP contribution >= 0.6 is 0 Å². The molecule has 538 valence electrons. The molecule has 1 fully saturated rings. The predicted octanol–water partition coefficient (Wildman–Crippen LogP) is 11.5. The number of rotatable bonds is 36. The van der Waals surface area contributed by atoms with Crippen LogP contribution in [0.5, 0.6) is 0 Å². The van der Waals surface area contributed by atoms with E-state index in [0.29, 0.717) is 49.1 Å². The number of nitrogens with one attached hydrogen (secondary N) is 5. The van der Waals surface area contributed by atoms with Gasteiger partial charge < -0.3 is 72.1 Å². The third kappa shape index (κ3) is 38.4. The molecule has 1 aliphatic heterocycles. The van der Waals surface area contributed by atoms with Gasteiger partial charge in [0.05, 0.1) is 48.2 Å². The molecule has 1 aliphatic rings. The van der Waals surface area contributed by atoms with Crippen LogP contribution in [0.2, 0.25) is 0 Å². The van der Waals surface area contributed by atoms with Gasteiger partial charge in [0.1, 0.15) is 19.4 Å². The first-order valence-corrected chi connectivity index (χ1v) is 34.3. The molecule has 10 N–H and O–H groups in total. The second-order valence-electron chi connectivity index (χ2n) is 24.5. The molecule has 3 unspecified atom stereocenters. The second-order valence-corrected chi connectivity index (χ2v) is 24.5. The molecule has 5 rings (SSSR count). The molecule has 96 heavy (non-hydrogen) atoms. The van der Waals surface area contributed by atoms with E-state index in [1.54, 1.807) is 18.6 Å². The number of unbranched alkanes of at least 4 members (excludes halogenated alkanes) is 1. The number of aliphatic imine (C=N–C) groups is 1. The number of carbonyl (C=O) groups is 6. The first kappa shape index (κ1) is 90.7. The molecule has 0 radical (unpaired) electrons. The molecule has 21 heteroatoms. The average molecular weight is 1340 g/mol. The molecule has 0 saturated carbocycles. The van der Waals surface area contributed by atoms with Gasteiger partial charge in [-0.15, -0.1) is 6.58 Å². The predicted molar refractivity (Wildman–Crippen MR) is 399 cm³/mol. The van der Waals surface area contributed by atoms with Crippen LogP contribution in [0.4, 0.5) is 17.2 Å². The number of allylic oxidation sites excluding steroid dienone is 3. The van der Waals surface area contributed by atoms with Crippen molar-refractivity contribution in [3.63, 3.8) is 0 Å². The average Bonchev–Trinajstić information content (AvgIpc) is 1.34. The Morgan fingerprint density at radius 3 is 2.08 bits per heavy atom. The van der Waals surface area contributed by atoms with E-state index in [1.165, 1.54) is 41.5 Å². The maximum Gasteiger partial charge on any atom is 0.278 e. The highest BCUT2D eigenvalue weighted by atomic mass is 16.5. The van der Waals surface area contributed by atoms with Crippen molar-refractivity contribution in [3.05, 3.63) is 114 Å². The standard InChI is InChI=1S/C27H35N7O2.C16H24N2.C15H25NO3.C9H19NO.C6H15NO.CH5N.CH2O/c1-4-14-34(15-11-19(2)3)24-10-13-29-16-23(24)33-27(36)25-26(28)31-17-22(32-25)21-7-5-20(6-8-21)9-12-30-18-35;1-5-7-16(13(3)18-6-2)15-10-8-14(9-11-15)12-17-4;1-5-6-7-13(15(2,3)4)14(19)16-9-12(18)8-11(16)10-17;1-3-4-7-10-9(2)6-5-8-11;1-3-5-8-6-4-7-2;2*1-2/h5-8,10,13,16-19H,4,9,11-12,14-15H2,1-3H3,(H2,28,31)(H,30,35)(H,33,36);6,8-11,17H,5,7,12H2,1-4H3;5,10-13,18H,1,6-9H2,2-4H3;8-10H,3-7H2,1-2H3;7H,3-6H2,1-2H3;2H2,1H3;1H2/b;16-13+,18-6?;;;;;/t;;;9-;;;/m...1.../s1. The fraction of sp³-hybridized carbons (Fsp3) is 0.573. The molecular formula is C75H125N13O8. The number of aromatic nitrogens is 3. The second kappa shape index (κ2) is 56.7. The quantitative estimate of drug-likeness (QED) is 0.00908. The largest absolute Gasteiger partial charge is 0.391 e. The number of aliphatic hydroxyl groups excluding tert-OH is 1. The third-order valence-electron chi connectivity index (χ3n) is 15.1. The van der Waals surface area contributed by atoms with Crippen LogP contribution in [0.25, 0.3) is 16.8 Å². The molecule has 0 aliphatic carbocycles. The van der Waals surface area contributed by atoms with E-state index >= 15 is 0 Å². The van der Waals surface area contributed by atoms with Crippen molar-refractivity contribution in [2.24, 2.45) is 28.0 Å². The lowest BCUT2D eigenvalue weighted by atomic mass is 9.77. The number of aliphatic hydroxyl groups is 1. The van der Waals surface area contributed by atoms with E-state index in [2.05, 4.69) is 143 Å². The molecule has 4 atom stereocenters. The summed E-state index contributed by atoms with van der Waals surface area (Å²) in [5, 5.41) is 24.8. The number of nitrogens with two attached hydrogens (primary N) is 2. The molecule has 2 aromatic heterocycles. The van der Waals surface area contributed by atoms with Gasteiger partial charge in [0.25, 0.3) is 5.91 Å². The van der Waals surface area contributed by atoms with E-state index in [-0.39, 0.29) is 35.3 Å². The van der Waals surface area contributed by atoms with Crippen molar-refractivity contribution in [2.45, 2.75) is 191 Å². The number of likely N-dealkylation sites (tertiary alicyclic amines) is 1. The molecule has 21 nitrogen and oxygen atoms in total. The van der Waals surface area contributed by atoms with Crippen LogP contribution in [0.3, 0.4) is 0 Å². The number of amides is 3. The summed E-state index contributed by atoms with van der Waals surface area (Å²) < 4.78 is 5.16. The van der Waals surface area contributed by atoms with Gasteiger partial charge in [-0.25, -0.2) is 9.97 Å². The van der Waals surface area contributed by atoms with Crippen LogP contribution in [0.1, 0.15) is 187 Å². The van der Waals surface area contributed by atoms with Gasteiger partial charge >= 0.3 is 0 Å². The Labute approximate surface area is 577 Å². The first-order valence-electron chi connectivity index (χ1n) is 34.3. The summed E-state index contributed by atoms with van der Waals surface area (Å²) in [6, 6.07) is 18.4. The van der Waals surface area contributed by atoms with Crippen LogP contribution in [-0.4, -0.2) is 161 Å². The zero-order chi connectivity index (χ0) is 72.7. The monoisotopic (exact) mass is 1340 g/mol. The van der Waals surface area contributed by atoms with Gasteiger partial charge in [-0.1, -0.05) is 130 Å². The number of carbonyl (C=O) groups excluding carboxylic acids is 6. The fourth-order valence-electron chi connectivity index (χ4n) is 9.89. The van der Waals surface area contributed by atoms with Crippen molar-refractivity contribution < 1.29 is 38.6 Å². The van der Waals surface area contributed by atoms with E-state index < -0.39 is 18.1 Å². The van der Waals surface area contributed by atoms with Crippen molar-refractivity contribution in [1.29, 1.82) is 0 Å². The zero-order valence-corrected chi connectivity index (χ0v) is 61.3. The summed E-state index contributed by atoms with van der Waals surface area (Å²) in [5.41, 5.74) is 19.5. The topological polar surface area (TPSA) is 302 Å². The van der Waals surface area contributed by atoms with E-state index in [4.69, 9.17) is 15.3 Å². The lowest BCUT2D eigenvalue weighted by molar-refractivity contribution is -0.142. The number of anilines is 3. The minimum Gasteiger partial charge on any atom is -0.391 e. The molecule has 2 aromatic carbocycles. The Morgan fingerprint density at radius 2 is 1.53 bits per heavy atom. The van der Waals surface area contributed by atoms with Crippen molar-refractivity contribution in [1.82, 2.24) is 41.1 Å². The lowest BCUT2D eigenvalue weighted by Crippen LogP contribution is -2.44. The summed E-state index contributed by atoms with van der Waals surface area (Å²) in [7, 11) is 5.39. The molecule has 4 aromatic rings. The maximum absolute atomic E-state index is 13.2. The summed E-state index contributed by atoms with van der Waals surface area (Å²) in [6.45, 7) is 38.3. The molecule has 3 amide bonds. The van der Waals surface area contributed by atoms with Crippen LogP contribution in [-0.2, 0) is 41.7 Å². The Bertz CT molecular complexity index is 2750. The Morgan fingerprint density at radius 1 is 0.854 bits per heavy atom. The Balaban J connectivity index is 0. The maximum atomic E-state index is 13.2. The number of pyridine rings is 1. The van der Waals surface area contributed by atoms with Gasteiger partial charge in [0.2, 0.25) is 12.3 Å². The molecule has 0 spiro atoms. The van der Waals surface area contributed by atoms with Crippen LogP contribution in [0, 0.1) is 17.3 Å². The smallest absolute Gasteiger partial charge is 0.278 e. The summed E-state index contributed by atoms with van der Waals surface area (Å²) >= 11 is 0. The van der Waals surface area contributed by atoms with Crippen LogP contribution in [0.15, 0.2) is 96.5 Å². The number of benzene rings is 2. The highest BCUT2D eigenvalue weighted by Gasteiger charge is 2.40. The van der Waals surface area contributed by atoms with Crippen molar-refractivity contribution in [2.75, 3.05) is 89.6 Å². The minimum atomic E-state index is -0.584. The van der Waals surface area contributed by atoms with E-state index in [0.717, 1.165) is 139 Å². The Hall–Kier alpha value is -7.40. The van der Waals surface area contributed by atoms with Gasteiger partial charge in [0.15, 0.2) is 11.5 Å². The fourth-order valence-corrected chi connectivity index (χ4v) is 9.89. The van der Waals surface area contributed by atoms with Gasteiger partial charge in [-0.2, -0.15) is 0 Å². The summed E-state index contributed by atoms with van der Waals surface area (Å²) in [5.74, 6) is 0.0156. The van der Waals surface area contributed by atoms with Gasteiger partial charge in [-0.05, 0) is 146 Å². The van der Waals surface area contributed by atoms with Gasteiger partial charge in [0, 0.05) is 94.3 Å². The minimum absolute atomic E-state index is 0.0250. The highest BCUT2D eigenvalue weighted by molar-refractivity contribution is 6.07. The van der Waals surface area contributed by atoms with E-state index in [9.17, 15) is 29.1 Å². The number of hydrogen-bond acceptors (Lipinski definition) is 18. The molecule has 1 saturated heterocycles. The number of nitrogens with zero attached hydrogens (tertiary/aromatic N) is 6. The first-order chi connectivity index (χ1) is 46.2. The number of ether oxygens (including phenoxy) is 1. The Kier molecular flexibility index (Phi) is 53.6. The number of likely N-dealkylation sites (N-methyl/N-ethyl adjacent to an activating group) is 1.